The molecule has 96 valence electrons. The Hall–Kier alpha value is -1.00. The Balaban J connectivity index is 1.88. The summed E-state index contributed by atoms with van der Waals surface area (Å²) in [6, 6.07) is 6.27. The van der Waals surface area contributed by atoms with E-state index in [4.69, 9.17) is 4.74 Å². The average molecular weight is 279 g/mol. The second-order valence-electron chi connectivity index (χ2n) is 4.31. The zero-order valence-electron chi connectivity index (χ0n) is 10.6. The zero-order valence-corrected chi connectivity index (χ0v) is 12.4. The highest BCUT2D eigenvalue weighted by molar-refractivity contribution is 7.79. The van der Waals surface area contributed by atoms with Gasteiger partial charge in [-0.25, -0.2) is 4.98 Å². The maximum atomic E-state index is 5.76. The minimum atomic E-state index is 0.669. The molecule has 0 aliphatic carbocycles. The first kappa shape index (κ1) is 13.4. The third-order valence-corrected chi connectivity index (χ3v) is 3.82. The highest BCUT2D eigenvalue weighted by Crippen LogP contribution is 2.17. The van der Waals surface area contributed by atoms with Gasteiger partial charge in [-0.2, -0.15) is 12.6 Å². The Labute approximate surface area is 117 Å². The molecule has 2 nitrogen and oxygen atoms in total. The van der Waals surface area contributed by atoms with Gasteiger partial charge in [0.25, 0.3) is 0 Å². The maximum Gasteiger partial charge on any atom is 0.119 e. The van der Waals surface area contributed by atoms with Gasteiger partial charge in [0.2, 0.25) is 0 Å². The van der Waals surface area contributed by atoms with Crippen molar-refractivity contribution in [2.75, 3.05) is 6.61 Å². The van der Waals surface area contributed by atoms with Crippen LogP contribution in [0.2, 0.25) is 0 Å². The van der Waals surface area contributed by atoms with E-state index in [0.29, 0.717) is 12.4 Å². The average Bonchev–Trinajstić information content (AvgIpc) is 2.76. The van der Waals surface area contributed by atoms with E-state index >= 15 is 0 Å². The van der Waals surface area contributed by atoms with Crippen molar-refractivity contribution >= 4 is 24.0 Å². The van der Waals surface area contributed by atoms with E-state index in [0.717, 1.165) is 22.9 Å². The lowest BCUT2D eigenvalue weighted by atomic mass is 10.1. The summed E-state index contributed by atoms with van der Waals surface area (Å²) in [4.78, 5) is 4.46. The summed E-state index contributed by atoms with van der Waals surface area (Å²) in [7, 11) is 0. The van der Waals surface area contributed by atoms with E-state index in [9.17, 15) is 0 Å². The fourth-order valence-corrected chi connectivity index (χ4v) is 2.87. The Morgan fingerprint density at radius 2 is 1.94 bits per heavy atom. The molecule has 2 aromatic rings. The first-order valence-corrected chi connectivity index (χ1v) is 7.44. The van der Waals surface area contributed by atoms with Crippen LogP contribution in [0.15, 0.2) is 23.6 Å². The van der Waals surface area contributed by atoms with Crippen molar-refractivity contribution in [3.63, 3.8) is 0 Å². The van der Waals surface area contributed by atoms with Crippen LogP contribution in [0.5, 0.6) is 5.75 Å². The van der Waals surface area contributed by atoms with Crippen molar-refractivity contribution in [2.24, 2.45) is 0 Å². The predicted octanol–water partition coefficient (Wildman–Crippen LogP) is 3.81. The van der Waals surface area contributed by atoms with Gasteiger partial charge < -0.3 is 4.74 Å². The highest BCUT2D eigenvalue weighted by Gasteiger charge is 2.02. The fourth-order valence-electron chi connectivity index (χ4n) is 1.81. The van der Waals surface area contributed by atoms with E-state index in [1.165, 1.54) is 11.1 Å². The molecule has 0 N–H and O–H groups in total. The second kappa shape index (κ2) is 6.25. The minimum absolute atomic E-state index is 0.669. The van der Waals surface area contributed by atoms with E-state index in [1.807, 2.05) is 0 Å². The predicted molar refractivity (Wildman–Crippen MR) is 79.9 cm³/mol. The van der Waals surface area contributed by atoms with Gasteiger partial charge in [0, 0.05) is 17.6 Å². The monoisotopic (exact) mass is 279 g/mol. The topological polar surface area (TPSA) is 22.1 Å². The summed E-state index contributed by atoms with van der Waals surface area (Å²) >= 11 is 5.88. The Bertz CT molecular complexity index is 502. The van der Waals surface area contributed by atoms with E-state index in [1.54, 1.807) is 11.3 Å². The Morgan fingerprint density at radius 3 is 2.56 bits per heavy atom. The van der Waals surface area contributed by atoms with Crippen LogP contribution in [0.3, 0.4) is 0 Å². The molecule has 0 spiro atoms. The lowest BCUT2D eigenvalue weighted by Crippen LogP contribution is -2.01. The van der Waals surface area contributed by atoms with Gasteiger partial charge in [-0.1, -0.05) is 6.07 Å². The van der Waals surface area contributed by atoms with Crippen LogP contribution in [0.4, 0.5) is 0 Å². The third kappa shape index (κ3) is 3.75. The van der Waals surface area contributed by atoms with Gasteiger partial charge in [-0.15, -0.1) is 11.3 Å². The summed E-state index contributed by atoms with van der Waals surface area (Å²) in [5, 5.41) is 3.17. The number of aryl methyl sites for hydroxylation is 2. The van der Waals surface area contributed by atoms with Gasteiger partial charge in [-0.05, 0) is 37.1 Å². The summed E-state index contributed by atoms with van der Waals surface area (Å²) in [6.45, 7) is 4.84. The lowest BCUT2D eigenvalue weighted by Gasteiger charge is -2.07. The van der Waals surface area contributed by atoms with Crippen molar-refractivity contribution in [2.45, 2.75) is 26.0 Å². The first-order chi connectivity index (χ1) is 8.67. The van der Waals surface area contributed by atoms with Gasteiger partial charge in [0.1, 0.15) is 5.75 Å². The molecule has 0 saturated carbocycles. The van der Waals surface area contributed by atoms with Crippen LogP contribution in [-0.2, 0) is 12.2 Å². The molecule has 0 aliphatic rings. The van der Waals surface area contributed by atoms with Crippen LogP contribution in [0.25, 0.3) is 0 Å². The van der Waals surface area contributed by atoms with E-state index < -0.39 is 0 Å². The van der Waals surface area contributed by atoms with Crippen molar-refractivity contribution in [1.29, 1.82) is 0 Å². The second-order valence-corrected chi connectivity index (χ2v) is 5.57. The molecule has 0 atom stereocenters. The smallest absolute Gasteiger partial charge is 0.119 e. The normalized spacial score (nSPS) is 10.6. The molecule has 1 aromatic heterocycles. The maximum absolute atomic E-state index is 5.76. The van der Waals surface area contributed by atoms with Crippen molar-refractivity contribution in [1.82, 2.24) is 4.98 Å². The van der Waals surface area contributed by atoms with Crippen LogP contribution >= 0.6 is 24.0 Å². The molecule has 0 aliphatic heterocycles. The van der Waals surface area contributed by atoms with Gasteiger partial charge in [0.15, 0.2) is 0 Å². The molecule has 1 heterocycles. The van der Waals surface area contributed by atoms with Crippen LogP contribution in [0.1, 0.15) is 21.8 Å². The summed E-state index contributed by atoms with van der Waals surface area (Å²) in [6.07, 6.45) is 0.853. The fraction of sp³-hybridized carbons (Fsp3) is 0.357. The standard InChI is InChI=1S/C14H17NOS2/c1-10-5-11(2)7-13(6-10)16-4-3-14-15-12(8-17)9-18-14/h5-7,9,17H,3-4,8H2,1-2H3. The Morgan fingerprint density at radius 1 is 1.22 bits per heavy atom. The largest absolute Gasteiger partial charge is 0.493 e. The number of thiazole rings is 1. The van der Waals surface area contributed by atoms with Gasteiger partial charge in [-0.3, -0.25) is 0 Å². The van der Waals surface area contributed by atoms with Crippen molar-refractivity contribution in [3.8, 4) is 5.75 Å². The molecule has 0 saturated heterocycles. The first-order valence-electron chi connectivity index (χ1n) is 5.92. The molecular formula is C14H17NOS2. The number of nitrogens with zero attached hydrogens (tertiary/aromatic N) is 1. The van der Waals surface area contributed by atoms with Gasteiger partial charge >= 0.3 is 0 Å². The molecule has 0 amide bonds. The summed E-state index contributed by atoms with van der Waals surface area (Å²) in [5.74, 6) is 1.65. The number of thiol groups is 1. The van der Waals surface area contributed by atoms with Crippen LogP contribution in [0, 0.1) is 13.8 Å². The molecule has 0 bridgehead atoms. The van der Waals surface area contributed by atoms with E-state index in [-0.39, 0.29) is 0 Å². The minimum Gasteiger partial charge on any atom is -0.493 e. The third-order valence-electron chi connectivity index (χ3n) is 2.54. The number of ether oxygens (including phenoxy) is 1. The van der Waals surface area contributed by atoms with Crippen LogP contribution < -0.4 is 4.74 Å². The number of aromatic nitrogens is 1. The van der Waals surface area contributed by atoms with Crippen molar-refractivity contribution in [3.05, 3.63) is 45.4 Å². The summed E-state index contributed by atoms with van der Waals surface area (Å²) < 4.78 is 5.76. The number of rotatable bonds is 5. The number of hydrogen-bond donors (Lipinski definition) is 1. The van der Waals surface area contributed by atoms with Crippen LogP contribution in [-0.4, -0.2) is 11.6 Å². The van der Waals surface area contributed by atoms with E-state index in [2.05, 4.69) is 55.0 Å². The molecule has 0 radical (unpaired) electrons. The number of benzene rings is 1. The molecular weight excluding hydrogens is 262 g/mol. The molecule has 1 aromatic carbocycles. The number of hydrogen-bond acceptors (Lipinski definition) is 4. The molecule has 0 unspecified atom stereocenters. The van der Waals surface area contributed by atoms with Gasteiger partial charge in [0.05, 0.1) is 17.3 Å². The lowest BCUT2D eigenvalue weighted by molar-refractivity contribution is 0.321. The molecule has 18 heavy (non-hydrogen) atoms. The highest BCUT2D eigenvalue weighted by atomic mass is 32.1. The van der Waals surface area contributed by atoms with Crippen molar-refractivity contribution < 1.29 is 4.74 Å². The Kier molecular flexibility index (Phi) is 4.66. The molecule has 4 heteroatoms. The molecule has 0 fully saturated rings. The molecule has 2 rings (SSSR count). The summed E-state index contributed by atoms with van der Waals surface area (Å²) in [5.41, 5.74) is 3.51. The SMILES string of the molecule is Cc1cc(C)cc(OCCc2nc(CS)cs2)c1. The quantitative estimate of drug-likeness (QED) is 0.841. The zero-order chi connectivity index (χ0) is 13.0.